The van der Waals surface area contributed by atoms with Gasteiger partial charge < -0.3 is 9.74 Å². The van der Waals surface area contributed by atoms with Crippen LogP contribution in [0.25, 0.3) is 0 Å². The molecule has 0 aliphatic heterocycles. The van der Waals surface area contributed by atoms with Gasteiger partial charge >= 0.3 is 0 Å². The summed E-state index contributed by atoms with van der Waals surface area (Å²) in [5, 5.41) is 3.11. The third-order valence-electron chi connectivity index (χ3n) is 4.80. The van der Waals surface area contributed by atoms with Crippen molar-refractivity contribution in [1.82, 2.24) is 0 Å². The van der Waals surface area contributed by atoms with E-state index in [9.17, 15) is 4.79 Å². The standard InChI is InChI=1S/C21H29NO2Si/c1-21(2,3)25(4,5)24-19-14-12-18(13-15-19)22-20(23)16-11-17-9-7-6-8-10-17/h6-10,12-15H,11,16H2,1-5H3,(H,22,23). The Balaban J connectivity index is 1.88. The first-order valence-corrected chi connectivity index (χ1v) is 11.7. The molecule has 0 saturated heterocycles. The van der Waals surface area contributed by atoms with E-state index >= 15 is 0 Å². The predicted octanol–water partition coefficient (Wildman–Crippen LogP) is 5.64. The Hall–Kier alpha value is -2.07. The van der Waals surface area contributed by atoms with Gasteiger partial charge in [0.15, 0.2) is 0 Å². The Morgan fingerprint density at radius 1 is 1.00 bits per heavy atom. The van der Waals surface area contributed by atoms with Crippen LogP contribution in [0, 0.1) is 0 Å². The summed E-state index contributed by atoms with van der Waals surface area (Å²) in [6, 6.07) is 17.7. The first kappa shape index (κ1) is 19.3. The van der Waals surface area contributed by atoms with Crippen molar-refractivity contribution in [2.45, 2.75) is 51.7 Å². The lowest BCUT2D eigenvalue weighted by Crippen LogP contribution is -2.43. The molecule has 0 aliphatic carbocycles. The second-order valence-corrected chi connectivity index (χ2v) is 12.6. The average molecular weight is 356 g/mol. The van der Waals surface area contributed by atoms with Crippen molar-refractivity contribution < 1.29 is 9.22 Å². The molecule has 0 saturated carbocycles. The van der Waals surface area contributed by atoms with Crippen molar-refractivity contribution in [2.24, 2.45) is 0 Å². The highest BCUT2D eigenvalue weighted by molar-refractivity contribution is 6.74. The zero-order valence-electron chi connectivity index (χ0n) is 15.9. The second-order valence-electron chi connectivity index (χ2n) is 7.92. The van der Waals surface area contributed by atoms with E-state index in [1.54, 1.807) is 0 Å². The predicted molar refractivity (Wildman–Crippen MR) is 108 cm³/mol. The van der Waals surface area contributed by atoms with Crippen molar-refractivity contribution in [2.75, 3.05) is 5.32 Å². The zero-order valence-corrected chi connectivity index (χ0v) is 16.9. The van der Waals surface area contributed by atoms with Crippen LogP contribution in [0.1, 0.15) is 32.8 Å². The normalized spacial score (nSPS) is 11.9. The zero-order chi connectivity index (χ0) is 18.5. The number of carbonyl (C=O) groups is 1. The van der Waals surface area contributed by atoms with Crippen molar-refractivity contribution >= 4 is 19.9 Å². The van der Waals surface area contributed by atoms with Crippen molar-refractivity contribution in [1.29, 1.82) is 0 Å². The molecule has 3 nitrogen and oxygen atoms in total. The van der Waals surface area contributed by atoms with Gasteiger partial charge in [-0.25, -0.2) is 0 Å². The van der Waals surface area contributed by atoms with E-state index in [2.05, 4.69) is 39.2 Å². The van der Waals surface area contributed by atoms with Gasteiger partial charge in [-0.2, -0.15) is 0 Å². The number of benzene rings is 2. The van der Waals surface area contributed by atoms with Crippen LogP contribution in [0.15, 0.2) is 54.6 Å². The number of hydrogen-bond donors (Lipinski definition) is 1. The van der Waals surface area contributed by atoms with E-state index in [1.807, 2.05) is 54.6 Å². The second kappa shape index (κ2) is 7.87. The van der Waals surface area contributed by atoms with E-state index in [4.69, 9.17) is 4.43 Å². The topological polar surface area (TPSA) is 38.3 Å². The van der Waals surface area contributed by atoms with E-state index in [-0.39, 0.29) is 10.9 Å². The van der Waals surface area contributed by atoms with Gasteiger partial charge in [0.05, 0.1) is 0 Å². The van der Waals surface area contributed by atoms with Crippen LogP contribution in [0.4, 0.5) is 5.69 Å². The summed E-state index contributed by atoms with van der Waals surface area (Å²) < 4.78 is 6.26. The summed E-state index contributed by atoms with van der Waals surface area (Å²) in [7, 11) is -1.83. The molecule has 1 N–H and O–H groups in total. The van der Waals surface area contributed by atoms with Gasteiger partial charge in [-0.3, -0.25) is 4.79 Å². The van der Waals surface area contributed by atoms with Crippen LogP contribution in [0.3, 0.4) is 0 Å². The van der Waals surface area contributed by atoms with Gasteiger partial charge in [-0.1, -0.05) is 51.1 Å². The molecular weight excluding hydrogens is 326 g/mol. The van der Waals surface area contributed by atoms with Gasteiger partial charge in [0, 0.05) is 12.1 Å². The molecule has 0 spiro atoms. The molecule has 0 atom stereocenters. The van der Waals surface area contributed by atoms with Crippen molar-refractivity contribution in [3.8, 4) is 5.75 Å². The summed E-state index contributed by atoms with van der Waals surface area (Å²) in [5.74, 6) is 0.899. The Kier molecular flexibility index (Phi) is 6.06. The molecule has 0 fully saturated rings. The van der Waals surface area contributed by atoms with Gasteiger partial charge in [0.2, 0.25) is 14.2 Å². The van der Waals surface area contributed by atoms with E-state index in [0.29, 0.717) is 6.42 Å². The van der Waals surface area contributed by atoms with Crippen LogP contribution >= 0.6 is 0 Å². The van der Waals surface area contributed by atoms with Gasteiger partial charge in [-0.05, 0) is 54.4 Å². The van der Waals surface area contributed by atoms with E-state index in [1.165, 1.54) is 5.56 Å². The molecule has 0 bridgehead atoms. The fourth-order valence-electron chi connectivity index (χ4n) is 2.18. The third-order valence-corrected chi connectivity index (χ3v) is 9.16. The smallest absolute Gasteiger partial charge is 0.250 e. The van der Waals surface area contributed by atoms with E-state index < -0.39 is 8.32 Å². The van der Waals surface area contributed by atoms with Crippen molar-refractivity contribution in [3.63, 3.8) is 0 Å². The fourth-order valence-corrected chi connectivity index (χ4v) is 3.21. The first-order valence-electron chi connectivity index (χ1n) is 8.80. The summed E-state index contributed by atoms with van der Waals surface area (Å²) in [6.45, 7) is 11.1. The Morgan fingerprint density at radius 3 is 2.16 bits per heavy atom. The molecular formula is C21H29NO2Si. The average Bonchev–Trinajstić information content (AvgIpc) is 2.54. The molecule has 0 aromatic heterocycles. The number of carbonyl (C=O) groups excluding carboxylic acids is 1. The third kappa shape index (κ3) is 5.75. The molecule has 25 heavy (non-hydrogen) atoms. The molecule has 0 heterocycles. The molecule has 0 aliphatic rings. The highest BCUT2D eigenvalue weighted by Gasteiger charge is 2.38. The number of hydrogen-bond acceptors (Lipinski definition) is 2. The highest BCUT2D eigenvalue weighted by Crippen LogP contribution is 2.37. The number of amides is 1. The maximum atomic E-state index is 12.1. The first-order chi connectivity index (χ1) is 11.7. The largest absolute Gasteiger partial charge is 0.544 e. The molecule has 134 valence electrons. The number of rotatable bonds is 6. The maximum Gasteiger partial charge on any atom is 0.250 e. The fraction of sp³-hybridized carbons (Fsp3) is 0.381. The molecule has 2 aromatic carbocycles. The Morgan fingerprint density at radius 2 is 1.60 bits per heavy atom. The number of aryl methyl sites for hydroxylation is 1. The Labute approximate surface area is 152 Å². The molecule has 4 heteroatoms. The lowest BCUT2D eigenvalue weighted by Gasteiger charge is -2.36. The van der Waals surface area contributed by atoms with Gasteiger partial charge in [-0.15, -0.1) is 0 Å². The monoisotopic (exact) mass is 355 g/mol. The molecule has 0 radical (unpaired) electrons. The lowest BCUT2D eigenvalue weighted by molar-refractivity contribution is -0.116. The Bertz CT molecular complexity index is 688. The minimum atomic E-state index is -1.83. The lowest BCUT2D eigenvalue weighted by atomic mass is 10.1. The molecule has 2 aromatic rings. The SMILES string of the molecule is CC(C)(C)[Si](C)(C)Oc1ccc(NC(=O)CCc2ccccc2)cc1. The summed E-state index contributed by atoms with van der Waals surface area (Å²) in [5.41, 5.74) is 1.98. The van der Waals surface area contributed by atoms with Crippen LogP contribution in [-0.4, -0.2) is 14.2 Å². The minimum Gasteiger partial charge on any atom is -0.544 e. The minimum absolute atomic E-state index is 0.0296. The van der Waals surface area contributed by atoms with Crippen molar-refractivity contribution in [3.05, 3.63) is 60.2 Å². The van der Waals surface area contributed by atoms with Gasteiger partial charge in [0.1, 0.15) is 5.75 Å². The molecule has 2 rings (SSSR count). The summed E-state index contributed by atoms with van der Waals surface area (Å²) in [6.07, 6.45) is 1.23. The van der Waals surface area contributed by atoms with Crippen LogP contribution in [0.2, 0.25) is 18.1 Å². The van der Waals surface area contributed by atoms with Crippen LogP contribution < -0.4 is 9.74 Å². The quantitative estimate of drug-likeness (QED) is 0.681. The molecule has 1 amide bonds. The number of anilines is 1. The van der Waals surface area contributed by atoms with Crippen LogP contribution in [-0.2, 0) is 11.2 Å². The van der Waals surface area contributed by atoms with Crippen LogP contribution in [0.5, 0.6) is 5.75 Å². The summed E-state index contributed by atoms with van der Waals surface area (Å²) >= 11 is 0. The highest BCUT2D eigenvalue weighted by atomic mass is 28.4. The number of nitrogens with one attached hydrogen (secondary N) is 1. The van der Waals surface area contributed by atoms with E-state index in [0.717, 1.165) is 17.9 Å². The molecule has 0 unspecified atom stereocenters. The van der Waals surface area contributed by atoms with Gasteiger partial charge in [0.25, 0.3) is 0 Å². The maximum absolute atomic E-state index is 12.1. The summed E-state index contributed by atoms with van der Waals surface area (Å²) in [4.78, 5) is 12.1.